The molecule has 0 aliphatic carbocycles. The van der Waals surface area contributed by atoms with Crippen molar-refractivity contribution in [2.45, 2.75) is 26.8 Å². The Hall–Kier alpha value is -0.720. The van der Waals surface area contributed by atoms with Gasteiger partial charge in [-0.05, 0) is 33.5 Å². The molecule has 0 saturated heterocycles. The molecule has 0 radical (unpaired) electrons. The van der Waals surface area contributed by atoms with Gasteiger partial charge in [0.15, 0.2) is 0 Å². The number of nitrogens with zero attached hydrogens (tertiary/aromatic N) is 2. The Morgan fingerprint density at radius 1 is 1.41 bits per heavy atom. The van der Waals surface area contributed by atoms with E-state index in [1.165, 1.54) is 0 Å². The van der Waals surface area contributed by atoms with E-state index in [-0.39, 0.29) is 11.5 Å². The van der Waals surface area contributed by atoms with Gasteiger partial charge in [-0.15, -0.1) is 11.3 Å². The summed E-state index contributed by atoms with van der Waals surface area (Å²) in [6.07, 6.45) is 0. The highest BCUT2D eigenvalue weighted by molar-refractivity contribution is 9.11. The first-order chi connectivity index (χ1) is 7.88. The van der Waals surface area contributed by atoms with E-state index >= 15 is 0 Å². The van der Waals surface area contributed by atoms with Crippen molar-refractivity contribution < 1.29 is 4.52 Å². The molecule has 2 N–H and O–H groups in total. The van der Waals surface area contributed by atoms with Crippen molar-refractivity contribution in [3.8, 4) is 10.7 Å². The number of hydrogen-bond donors (Lipinski definition) is 1. The zero-order valence-corrected chi connectivity index (χ0v) is 12.3. The monoisotopic (exact) mass is 315 g/mol. The summed E-state index contributed by atoms with van der Waals surface area (Å²) in [5.41, 5.74) is 5.97. The molecule has 4 nitrogen and oxygen atoms in total. The van der Waals surface area contributed by atoms with Crippen molar-refractivity contribution in [3.05, 3.63) is 21.8 Å². The Labute approximate surface area is 112 Å². The fourth-order valence-electron chi connectivity index (χ4n) is 1.27. The fraction of sp³-hybridized carbons (Fsp3) is 0.455. The van der Waals surface area contributed by atoms with Crippen molar-refractivity contribution in [2.24, 2.45) is 11.1 Å². The van der Waals surface area contributed by atoms with E-state index in [0.717, 1.165) is 8.66 Å². The van der Waals surface area contributed by atoms with Crippen molar-refractivity contribution in [1.29, 1.82) is 0 Å². The lowest BCUT2D eigenvalue weighted by atomic mass is 9.87. The third-order valence-corrected chi connectivity index (χ3v) is 4.05. The summed E-state index contributed by atoms with van der Waals surface area (Å²) in [6.45, 7) is 6.13. The van der Waals surface area contributed by atoms with Crippen LogP contribution in [0.25, 0.3) is 10.7 Å². The quantitative estimate of drug-likeness (QED) is 0.919. The predicted molar refractivity (Wildman–Crippen MR) is 71.7 cm³/mol. The minimum Gasteiger partial charge on any atom is -0.337 e. The highest BCUT2D eigenvalue weighted by Crippen LogP contribution is 2.33. The third kappa shape index (κ3) is 2.75. The lowest BCUT2D eigenvalue weighted by Crippen LogP contribution is -2.26. The molecule has 2 rings (SSSR count). The van der Waals surface area contributed by atoms with E-state index < -0.39 is 0 Å². The van der Waals surface area contributed by atoms with E-state index in [1.807, 2.05) is 32.9 Å². The zero-order chi connectivity index (χ0) is 12.6. The van der Waals surface area contributed by atoms with Crippen LogP contribution in [-0.2, 0) is 0 Å². The van der Waals surface area contributed by atoms with Crippen LogP contribution in [0.5, 0.6) is 0 Å². The van der Waals surface area contributed by atoms with Gasteiger partial charge >= 0.3 is 0 Å². The van der Waals surface area contributed by atoms with Crippen LogP contribution in [0.2, 0.25) is 0 Å². The average Bonchev–Trinajstić information content (AvgIpc) is 2.83. The lowest BCUT2D eigenvalue weighted by Gasteiger charge is -2.23. The van der Waals surface area contributed by atoms with Gasteiger partial charge < -0.3 is 10.3 Å². The summed E-state index contributed by atoms with van der Waals surface area (Å²) in [6, 6.07) is 3.65. The SMILES string of the molecule is CC(C)(C)[C@@H](N)c1nc(-c2ccc(Br)s2)no1. The van der Waals surface area contributed by atoms with Crippen LogP contribution in [0.4, 0.5) is 0 Å². The van der Waals surface area contributed by atoms with Crippen LogP contribution in [0.1, 0.15) is 32.7 Å². The summed E-state index contributed by atoms with van der Waals surface area (Å²) < 4.78 is 6.26. The van der Waals surface area contributed by atoms with Gasteiger partial charge in [0.1, 0.15) is 0 Å². The predicted octanol–water partition coefficient (Wildman–Crippen LogP) is 3.61. The first kappa shape index (κ1) is 12.7. The van der Waals surface area contributed by atoms with Crippen molar-refractivity contribution >= 4 is 27.3 Å². The molecule has 2 heterocycles. The Balaban J connectivity index is 2.28. The molecule has 2 aromatic rings. The minimum atomic E-state index is -0.257. The molecule has 0 saturated carbocycles. The molecule has 0 spiro atoms. The van der Waals surface area contributed by atoms with Crippen molar-refractivity contribution in [3.63, 3.8) is 0 Å². The smallest absolute Gasteiger partial charge is 0.244 e. The molecular formula is C11H14BrN3OS. The molecule has 2 aromatic heterocycles. The molecule has 0 amide bonds. The number of thiophene rings is 1. The second-order valence-corrected chi connectivity index (χ2v) is 7.37. The van der Waals surface area contributed by atoms with Crippen molar-refractivity contribution in [1.82, 2.24) is 10.1 Å². The maximum atomic E-state index is 6.07. The average molecular weight is 316 g/mol. The number of hydrogen-bond acceptors (Lipinski definition) is 5. The van der Waals surface area contributed by atoms with Crippen LogP contribution >= 0.6 is 27.3 Å². The summed E-state index contributed by atoms with van der Waals surface area (Å²) >= 11 is 4.97. The lowest BCUT2D eigenvalue weighted by molar-refractivity contribution is 0.253. The summed E-state index contributed by atoms with van der Waals surface area (Å²) in [7, 11) is 0. The Kier molecular flexibility index (Phi) is 3.38. The molecule has 0 unspecified atom stereocenters. The minimum absolute atomic E-state index is 0.0974. The van der Waals surface area contributed by atoms with Crippen LogP contribution in [0.3, 0.4) is 0 Å². The standard InChI is InChI=1S/C11H14BrN3OS/c1-11(2,3)8(13)10-14-9(15-16-10)6-4-5-7(12)17-6/h4-5,8H,13H2,1-3H3/t8-/m0/s1. The number of rotatable bonds is 2. The molecule has 17 heavy (non-hydrogen) atoms. The summed E-state index contributed by atoms with van der Waals surface area (Å²) in [5, 5.41) is 3.96. The van der Waals surface area contributed by atoms with Crippen LogP contribution in [0, 0.1) is 5.41 Å². The van der Waals surface area contributed by atoms with Gasteiger partial charge in [-0.3, -0.25) is 0 Å². The van der Waals surface area contributed by atoms with Gasteiger partial charge in [0.25, 0.3) is 0 Å². The second kappa shape index (κ2) is 4.51. The van der Waals surface area contributed by atoms with Gasteiger partial charge in [-0.25, -0.2) is 0 Å². The number of halogens is 1. The molecule has 0 fully saturated rings. The van der Waals surface area contributed by atoms with Crippen LogP contribution in [-0.4, -0.2) is 10.1 Å². The van der Waals surface area contributed by atoms with Gasteiger partial charge in [0.2, 0.25) is 11.7 Å². The third-order valence-electron chi connectivity index (χ3n) is 2.43. The second-order valence-electron chi connectivity index (χ2n) is 4.90. The molecule has 1 atom stereocenters. The van der Waals surface area contributed by atoms with E-state index in [1.54, 1.807) is 11.3 Å². The highest BCUT2D eigenvalue weighted by Gasteiger charge is 2.27. The Morgan fingerprint density at radius 3 is 2.65 bits per heavy atom. The first-order valence-electron chi connectivity index (χ1n) is 5.23. The first-order valence-corrected chi connectivity index (χ1v) is 6.84. The van der Waals surface area contributed by atoms with Crippen molar-refractivity contribution in [2.75, 3.05) is 0 Å². The van der Waals surface area contributed by atoms with E-state index in [2.05, 4.69) is 26.1 Å². The summed E-state index contributed by atoms with van der Waals surface area (Å²) in [5.74, 6) is 1.08. The largest absolute Gasteiger partial charge is 0.337 e. The molecule has 0 aliphatic rings. The van der Waals surface area contributed by atoms with Gasteiger partial charge in [-0.1, -0.05) is 25.9 Å². The normalized spacial score (nSPS) is 13.9. The summed E-state index contributed by atoms with van der Waals surface area (Å²) in [4.78, 5) is 5.31. The van der Waals surface area contributed by atoms with E-state index in [9.17, 15) is 0 Å². The maximum absolute atomic E-state index is 6.07. The van der Waals surface area contributed by atoms with Gasteiger partial charge in [-0.2, -0.15) is 4.98 Å². The highest BCUT2D eigenvalue weighted by atomic mass is 79.9. The Morgan fingerprint density at radius 2 is 2.12 bits per heavy atom. The number of aromatic nitrogens is 2. The fourth-order valence-corrected chi connectivity index (χ4v) is 2.58. The number of nitrogens with two attached hydrogens (primary N) is 1. The van der Waals surface area contributed by atoms with E-state index in [4.69, 9.17) is 10.3 Å². The topological polar surface area (TPSA) is 64.9 Å². The molecular weight excluding hydrogens is 302 g/mol. The van der Waals surface area contributed by atoms with Gasteiger partial charge in [0.05, 0.1) is 14.7 Å². The zero-order valence-electron chi connectivity index (χ0n) is 9.90. The molecule has 6 heteroatoms. The van der Waals surface area contributed by atoms with Crippen LogP contribution < -0.4 is 5.73 Å². The molecule has 0 aliphatic heterocycles. The Bertz CT molecular complexity index is 515. The van der Waals surface area contributed by atoms with Gasteiger partial charge in [0, 0.05) is 0 Å². The van der Waals surface area contributed by atoms with E-state index in [0.29, 0.717) is 11.7 Å². The molecule has 0 aromatic carbocycles. The molecule has 0 bridgehead atoms. The molecule has 92 valence electrons. The maximum Gasteiger partial charge on any atom is 0.244 e. The van der Waals surface area contributed by atoms with Crippen LogP contribution in [0.15, 0.2) is 20.4 Å².